The van der Waals surface area contributed by atoms with Gasteiger partial charge in [-0.3, -0.25) is 28.8 Å². The zero-order valence-corrected chi connectivity index (χ0v) is 52.2. The van der Waals surface area contributed by atoms with Crippen molar-refractivity contribution in [3.05, 3.63) is 224 Å². The van der Waals surface area contributed by atoms with Crippen LogP contribution in [-0.4, -0.2) is 89.2 Å². The molecule has 8 atom stereocenters. The minimum absolute atomic E-state index is 0.0676. The molecule has 98 heavy (non-hydrogen) atoms. The predicted molar refractivity (Wildman–Crippen MR) is 349 cm³/mol. The fourth-order valence-electron chi connectivity index (χ4n) is 11.9. The Bertz CT molecular complexity index is 4790. The van der Waals surface area contributed by atoms with Gasteiger partial charge >= 0.3 is 5.97 Å². The van der Waals surface area contributed by atoms with Crippen LogP contribution >= 0.6 is 23.2 Å². The van der Waals surface area contributed by atoms with Crippen molar-refractivity contribution in [3.8, 4) is 91.2 Å². The zero-order valence-electron chi connectivity index (χ0n) is 50.7. The third-order valence-corrected chi connectivity index (χ3v) is 17.5. The van der Waals surface area contributed by atoms with Gasteiger partial charge in [-0.05, 0) is 129 Å². The van der Waals surface area contributed by atoms with E-state index in [0.29, 0.717) is 11.1 Å². The van der Waals surface area contributed by atoms with E-state index in [0.717, 1.165) is 53.6 Å². The number of carboxylic acids is 1. The second kappa shape index (κ2) is 26.3. The summed E-state index contributed by atoms with van der Waals surface area (Å²) in [6, 6.07) is 26.2. The number of ether oxygens (including phenoxy) is 4. The van der Waals surface area contributed by atoms with E-state index in [4.69, 9.17) is 47.9 Å². The molecule has 15 rings (SSSR count). The molecule has 9 aromatic carbocycles. The molecule has 17 bridgehead atoms. The highest BCUT2D eigenvalue weighted by atomic mass is 35.5. The Hall–Kier alpha value is -12.0. The summed E-state index contributed by atoms with van der Waals surface area (Å²) >= 11 is 14.2. The minimum atomic E-state index is -2.20. The van der Waals surface area contributed by atoms with Crippen molar-refractivity contribution in [2.45, 2.75) is 61.4 Å². The lowest BCUT2D eigenvalue weighted by atomic mass is 9.89. The van der Waals surface area contributed by atoms with Gasteiger partial charge in [-0.25, -0.2) is 4.79 Å². The molecule has 6 aliphatic heterocycles. The van der Waals surface area contributed by atoms with Gasteiger partial charge in [0.25, 0.3) is 0 Å². The molecule has 0 unspecified atom stereocenters. The monoisotopic (exact) mass is 1360 g/mol. The second-order valence-electron chi connectivity index (χ2n) is 23.4. The topological polar surface area (TPSA) is 396 Å². The second-order valence-corrected chi connectivity index (χ2v) is 24.2. The Morgan fingerprint density at radius 2 is 1.09 bits per heavy atom. The van der Waals surface area contributed by atoms with Gasteiger partial charge in [-0.2, -0.15) is 0 Å². The quantitative estimate of drug-likeness (QED) is 0.0767. The fraction of sp³-hybridized carbons (Fsp3) is 0.141. The van der Waals surface area contributed by atoms with Crippen LogP contribution in [0, 0.1) is 0 Å². The number of carbonyl (C=O) groups excluding carboxylic acids is 6. The minimum Gasteiger partial charge on any atom is -0.508 e. The number of phenols is 5. The average Bonchev–Trinajstić information content (AvgIpc) is 0.771. The molecule has 0 spiro atoms. The summed E-state index contributed by atoms with van der Waals surface area (Å²) in [6.07, 6.45) is -2.47. The number of aliphatic carboxylic acids is 1. The maximum Gasteiger partial charge on any atom is 0.330 e. The molecule has 9 aromatic rings. The number of benzene rings is 9. The van der Waals surface area contributed by atoms with Crippen molar-refractivity contribution in [2.24, 2.45) is 5.73 Å². The molecule has 496 valence electrons. The Labute approximate surface area is 564 Å². The SMILES string of the molecule is N[C@H]1C(=O)N[C@@H]2Cc3ccc(c(Cl)c3)Oc3cc4cc(c3OCc3ccc(-c5ccccc5)cc3)Oc3ccc(cc3Cl)[C@@H](O)[C@@H]3NC(=O)[C@H](NC(=O)[C@@H]4NC(=O)[C@@H](NC2=O)c2cc(O)cc(c2)Oc2cc1ccc2O)c1ccc(O)c(c1)-c1c(O)cc(O)cc1[C@@H](C(=O)O)NC3=O. The first kappa shape index (κ1) is 64.7. The zero-order chi connectivity index (χ0) is 69.0. The molecule has 6 heterocycles. The molecule has 6 aliphatic rings. The number of carbonyl (C=O) groups is 7. The summed E-state index contributed by atoms with van der Waals surface area (Å²) in [5.41, 5.74) is 7.12. The van der Waals surface area contributed by atoms with Crippen molar-refractivity contribution >= 4 is 64.6 Å². The summed E-state index contributed by atoms with van der Waals surface area (Å²) in [5, 5.41) is 94.5. The number of nitrogens with one attached hydrogen (secondary N) is 6. The van der Waals surface area contributed by atoms with E-state index in [2.05, 4.69) is 31.9 Å². The van der Waals surface area contributed by atoms with Crippen LogP contribution < -0.4 is 56.6 Å². The van der Waals surface area contributed by atoms with Crippen molar-refractivity contribution in [3.63, 3.8) is 0 Å². The summed E-state index contributed by atoms with van der Waals surface area (Å²) in [5.74, 6) is -13.5. The lowest BCUT2D eigenvalue weighted by molar-refractivity contribution is -0.143. The third kappa shape index (κ3) is 13.0. The first-order valence-corrected chi connectivity index (χ1v) is 30.9. The highest BCUT2D eigenvalue weighted by molar-refractivity contribution is 6.32. The average molecular weight is 1370 g/mol. The number of phenolic OH excluding ortho intramolecular Hbond substituents is 5. The summed E-state index contributed by atoms with van der Waals surface area (Å²) in [4.78, 5) is 105. The first-order chi connectivity index (χ1) is 47.0. The molecule has 0 fully saturated rings. The Balaban J connectivity index is 1.04. The van der Waals surface area contributed by atoms with Gasteiger partial charge < -0.3 is 92.3 Å². The van der Waals surface area contributed by atoms with E-state index in [1.54, 1.807) is 0 Å². The van der Waals surface area contributed by atoms with Gasteiger partial charge in [0.15, 0.2) is 29.0 Å². The lowest BCUT2D eigenvalue weighted by Gasteiger charge is -2.31. The van der Waals surface area contributed by atoms with Crippen LogP contribution in [0.1, 0.15) is 80.8 Å². The number of aliphatic hydroxyl groups is 1. The van der Waals surface area contributed by atoms with Crippen molar-refractivity contribution in [2.75, 3.05) is 0 Å². The lowest BCUT2D eigenvalue weighted by Crippen LogP contribution is -2.55. The Kier molecular flexibility index (Phi) is 17.3. The summed E-state index contributed by atoms with van der Waals surface area (Å²) in [6.45, 7) is -0.202. The van der Waals surface area contributed by atoms with Crippen LogP contribution in [-0.2, 0) is 46.6 Å². The predicted octanol–water partition coefficient (Wildman–Crippen LogP) is 8.53. The highest BCUT2D eigenvalue weighted by Gasteiger charge is 2.41. The molecule has 27 heteroatoms. The maximum absolute atomic E-state index is 16.1. The van der Waals surface area contributed by atoms with Crippen LogP contribution in [0.2, 0.25) is 10.0 Å². The fourth-order valence-corrected chi connectivity index (χ4v) is 12.4. The third-order valence-electron chi connectivity index (χ3n) is 16.9. The number of fused-ring (bicyclic) bond motifs is 14. The van der Waals surface area contributed by atoms with E-state index in [9.17, 15) is 50.1 Å². The Morgan fingerprint density at radius 3 is 1.78 bits per heavy atom. The van der Waals surface area contributed by atoms with E-state index in [1.165, 1.54) is 72.8 Å². The van der Waals surface area contributed by atoms with E-state index in [1.807, 2.05) is 54.6 Å². The number of amides is 6. The molecular weight excluding hydrogens is 1310 g/mol. The van der Waals surface area contributed by atoms with Crippen LogP contribution in [0.5, 0.6) is 69.0 Å². The van der Waals surface area contributed by atoms with Crippen molar-refractivity contribution < 1.29 is 88.3 Å². The Morgan fingerprint density at radius 1 is 0.500 bits per heavy atom. The molecule has 0 saturated heterocycles. The number of carboxylic acid groups (broad SMARTS) is 1. The number of hydrogen-bond donors (Lipinski definition) is 14. The van der Waals surface area contributed by atoms with Gasteiger partial charge in [0.1, 0.15) is 89.2 Å². The smallest absolute Gasteiger partial charge is 0.330 e. The largest absolute Gasteiger partial charge is 0.508 e. The van der Waals surface area contributed by atoms with Crippen LogP contribution in [0.25, 0.3) is 22.3 Å². The van der Waals surface area contributed by atoms with E-state index >= 15 is 19.2 Å². The van der Waals surface area contributed by atoms with Gasteiger partial charge in [-0.1, -0.05) is 102 Å². The first-order valence-electron chi connectivity index (χ1n) is 30.1. The maximum atomic E-state index is 16.1. The van der Waals surface area contributed by atoms with E-state index in [-0.39, 0.29) is 91.1 Å². The van der Waals surface area contributed by atoms with Gasteiger partial charge in [0.2, 0.25) is 41.2 Å². The van der Waals surface area contributed by atoms with Crippen LogP contribution in [0.15, 0.2) is 170 Å². The van der Waals surface area contributed by atoms with E-state index < -0.39 is 135 Å². The molecular formula is C71H55Cl2N7O18. The van der Waals surface area contributed by atoms with Crippen molar-refractivity contribution in [1.82, 2.24) is 31.9 Å². The molecule has 0 aromatic heterocycles. The van der Waals surface area contributed by atoms with Gasteiger partial charge in [0, 0.05) is 35.2 Å². The van der Waals surface area contributed by atoms with Gasteiger partial charge in [-0.15, -0.1) is 0 Å². The molecule has 6 amide bonds. The highest BCUT2D eigenvalue weighted by Crippen LogP contribution is 2.49. The van der Waals surface area contributed by atoms with Crippen LogP contribution in [0.4, 0.5) is 0 Å². The summed E-state index contributed by atoms with van der Waals surface area (Å²) < 4.78 is 26.1. The number of rotatable bonds is 5. The molecule has 0 saturated carbocycles. The number of hydrogen-bond acceptors (Lipinski definition) is 18. The van der Waals surface area contributed by atoms with Gasteiger partial charge in [0.05, 0.1) is 10.0 Å². The van der Waals surface area contributed by atoms with Crippen LogP contribution in [0.3, 0.4) is 0 Å². The normalized spacial score (nSPS) is 20.6. The number of nitrogens with two attached hydrogens (primary N) is 1. The number of aliphatic hydroxyl groups excluding tert-OH is 1. The molecule has 25 nitrogen and oxygen atoms in total. The molecule has 0 aliphatic carbocycles. The molecule has 15 N–H and O–H groups in total. The number of halogens is 2. The standard InChI is InChI=1S/C71H55Cl2N7O18/c72-45-18-32-8-16-51(45)97-54-25-39-26-55(64(54)95-30-31-6-9-34(10-7-31)33-4-2-1-3-5-33)98-52-17-13-37(23-46(52)73)63(86)62-70(92)79-61(71(93)94)44-28-41(82)29-50(85)56(44)43-22-36(12-14-48(43)83)58(67(89)80-62)77-69(91)60(39)78-68(90)59-38-20-40(81)27-42(21-38)96-53-24-35(11-15-49(53)84)57(74)66(88)75-47(19-32)65(87)76-59/h1-18,20-29,47,57-63,81-86H,19,30,74H2,(H,75,88)(H,76,87)(H,77,91)(H,78,90)(H,79,92)(H,80,89)(H,93,94)/t47-,57-,58-,59+,60-,61+,62+,63-/m1/s1. The summed E-state index contributed by atoms with van der Waals surface area (Å²) in [7, 11) is 0. The molecule has 0 radical (unpaired) electrons. The van der Waals surface area contributed by atoms with Crippen molar-refractivity contribution in [1.29, 1.82) is 0 Å². The number of aromatic hydroxyl groups is 5.